The molecule has 0 saturated heterocycles. The fourth-order valence-electron chi connectivity index (χ4n) is 3.56. The highest BCUT2D eigenvalue weighted by Crippen LogP contribution is 2.37. The minimum atomic E-state index is -0.260. The van der Waals surface area contributed by atoms with Crippen molar-refractivity contribution >= 4 is 10.9 Å². The van der Waals surface area contributed by atoms with Gasteiger partial charge in [-0.15, -0.1) is 0 Å². The number of nitrogens with zero attached hydrogens (tertiary/aromatic N) is 3. The Morgan fingerprint density at radius 1 is 1.11 bits per heavy atom. The number of aromatic nitrogens is 3. The molecule has 4 rings (SSSR count). The Hall–Kier alpha value is -3.25. The number of aryl methyl sites for hydroxylation is 1. The van der Waals surface area contributed by atoms with Gasteiger partial charge in [-0.2, -0.15) is 0 Å². The Balaban J connectivity index is 1.98. The van der Waals surface area contributed by atoms with E-state index in [9.17, 15) is 9.50 Å². The van der Waals surface area contributed by atoms with Gasteiger partial charge in [0.05, 0.1) is 26.0 Å². The quantitative estimate of drug-likeness (QED) is 0.569. The van der Waals surface area contributed by atoms with Gasteiger partial charge < -0.3 is 14.4 Å². The normalized spacial score (nSPS) is 11.1. The minimum Gasteiger partial charge on any atom is -0.497 e. The van der Waals surface area contributed by atoms with Crippen molar-refractivity contribution in [3.63, 3.8) is 0 Å². The third kappa shape index (κ3) is 3.12. The number of hydrogen-bond donors (Lipinski definition) is 1. The van der Waals surface area contributed by atoms with E-state index in [1.54, 1.807) is 25.6 Å². The van der Waals surface area contributed by atoms with Crippen LogP contribution in [-0.4, -0.2) is 26.8 Å². The van der Waals surface area contributed by atoms with Crippen molar-refractivity contribution in [1.82, 2.24) is 14.5 Å². The van der Waals surface area contributed by atoms with Crippen molar-refractivity contribution in [2.45, 2.75) is 20.1 Å². The lowest BCUT2D eigenvalue weighted by molar-refractivity contribution is 0.272. The molecule has 5 nitrogen and oxygen atoms in total. The van der Waals surface area contributed by atoms with Gasteiger partial charge >= 0.3 is 0 Å². The van der Waals surface area contributed by atoms with Crippen LogP contribution >= 0.6 is 0 Å². The summed E-state index contributed by atoms with van der Waals surface area (Å²) in [5, 5.41) is 11.1. The number of ether oxygens (including phenoxy) is 1. The van der Waals surface area contributed by atoms with Gasteiger partial charge in [-0.05, 0) is 36.8 Å². The summed E-state index contributed by atoms with van der Waals surface area (Å²) in [6.07, 6.45) is 4.87. The van der Waals surface area contributed by atoms with Crippen LogP contribution < -0.4 is 4.74 Å². The molecule has 0 aliphatic rings. The largest absolute Gasteiger partial charge is 0.497 e. The fourth-order valence-corrected chi connectivity index (χ4v) is 3.56. The van der Waals surface area contributed by atoms with Crippen LogP contribution in [0.4, 0.5) is 4.39 Å². The van der Waals surface area contributed by atoms with Crippen molar-refractivity contribution in [3.05, 3.63) is 77.8 Å². The summed E-state index contributed by atoms with van der Waals surface area (Å²) in [5.41, 5.74) is 4.59. The summed E-state index contributed by atoms with van der Waals surface area (Å²) < 4.78 is 21.8. The predicted molar refractivity (Wildman–Crippen MR) is 106 cm³/mol. The zero-order valence-corrected chi connectivity index (χ0v) is 15.7. The summed E-state index contributed by atoms with van der Waals surface area (Å²) >= 11 is 0. The minimum absolute atomic E-state index is 0.200. The van der Waals surface area contributed by atoms with E-state index in [0.29, 0.717) is 23.6 Å². The van der Waals surface area contributed by atoms with Crippen LogP contribution in [0.1, 0.15) is 16.8 Å². The van der Waals surface area contributed by atoms with Gasteiger partial charge in [-0.1, -0.05) is 12.1 Å². The van der Waals surface area contributed by atoms with Gasteiger partial charge in [0.2, 0.25) is 0 Å². The lowest BCUT2D eigenvalue weighted by Crippen LogP contribution is -2.07. The van der Waals surface area contributed by atoms with Gasteiger partial charge in [0.25, 0.3) is 0 Å². The average Bonchev–Trinajstić information content (AvgIpc) is 3.03. The molecule has 2 heterocycles. The molecule has 6 heteroatoms. The number of hydrogen-bond acceptors (Lipinski definition) is 4. The number of aliphatic hydroxyl groups excluding tert-OH is 1. The molecule has 0 fully saturated rings. The second-order valence-corrected chi connectivity index (χ2v) is 6.67. The smallest absolute Gasteiger partial charge is 0.128 e. The summed E-state index contributed by atoms with van der Waals surface area (Å²) in [7, 11) is 1.61. The Bertz CT molecular complexity index is 1140. The van der Waals surface area contributed by atoms with Crippen molar-refractivity contribution < 1.29 is 14.2 Å². The Morgan fingerprint density at radius 3 is 2.57 bits per heavy atom. The van der Waals surface area contributed by atoms with Gasteiger partial charge in [0.15, 0.2) is 0 Å². The molecule has 142 valence electrons. The van der Waals surface area contributed by atoms with E-state index in [1.165, 1.54) is 12.4 Å². The molecule has 0 spiro atoms. The number of fused-ring (bicyclic) bond motifs is 1. The van der Waals surface area contributed by atoms with Crippen molar-refractivity contribution in [2.24, 2.45) is 0 Å². The topological polar surface area (TPSA) is 60.2 Å². The third-order valence-electron chi connectivity index (χ3n) is 4.91. The van der Waals surface area contributed by atoms with E-state index in [4.69, 9.17) is 4.74 Å². The lowest BCUT2D eigenvalue weighted by atomic mass is 10.0. The lowest BCUT2D eigenvalue weighted by Gasteiger charge is -2.12. The van der Waals surface area contributed by atoms with E-state index >= 15 is 0 Å². The molecule has 28 heavy (non-hydrogen) atoms. The highest BCUT2D eigenvalue weighted by molar-refractivity contribution is 5.98. The van der Waals surface area contributed by atoms with Crippen LogP contribution in [0.2, 0.25) is 0 Å². The van der Waals surface area contributed by atoms with Gasteiger partial charge in [-0.3, -0.25) is 0 Å². The van der Waals surface area contributed by atoms with E-state index in [2.05, 4.69) is 9.97 Å². The molecule has 0 saturated carbocycles. The molecule has 2 aromatic carbocycles. The van der Waals surface area contributed by atoms with Crippen LogP contribution in [0.15, 0.2) is 55.1 Å². The van der Waals surface area contributed by atoms with Gasteiger partial charge in [0, 0.05) is 40.0 Å². The highest BCUT2D eigenvalue weighted by atomic mass is 19.1. The molecule has 1 N–H and O–H groups in total. The van der Waals surface area contributed by atoms with E-state index < -0.39 is 0 Å². The summed E-state index contributed by atoms with van der Waals surface area (Å²) in [6, 6.07) is 10.9. The molecular formula is C22H20FN3O2. The first-order valence-electron chi connectivity index (χ1n) is 8.92. The van der Waals surface area contributed by atoms with E-state index in [-0.39, 0.29) is 12.4 Å². The maximum Gasteiger partial charge on any atom is 0.128 e. The molecule has 0 unspecified atom stereocenters. The number of benzene rings is 2. The highest BCUT2D eigenvalue weighted by Gasteiger charge is 2.20. The Morgan fingerprint density at radius 2 is 1.89 bits per heavy atom. The molecule has 0 amide bonds. The SMILES string of the molecule is COc1ccc2c(c1)c(-c1cncnc1)c(CO)n2Cc1ccc(C)cc1F. The molecule has 4 aromatic rings. The zero-order chi connectivity index (χ0) is 19.7. The van der Waals surface area contributed by atoms with Crippen molar-refractivity contribution in [2.75, 3.05) is 7.11 Å². The second kappa shape index (κ2) is 7.40. The predicted octanol–water partition coefficient (Wildman–Crippen LogP) is 4.10. The van der Waals surface area contributed by atoms with E-state index in [1.807, 2.05) is 35.8 Å². The Labute approximate surface area is 162 Å². The van der Waals surface area contributed by atoms with Gasteiger partial charge in [0.1, 0.15) is 17.9 Å². The second-order valence-electron chi connectivity index (χ2n) is 6.67. The summed E-state index contributed by atoms with van der Waals surface area (Å²) in [6.45, 7) is 1.96. The van der Waals surface area contributed by atoms with Gasteiger partial charge in [-0.25, -0.2) is 14.4 Å². The van der Waals surface area contributed by atoms with E-state index in [0.717, 1.165) is 27.6 Å². The average molecular weight is 377 g/mol. The fraction of sp³-hybridized carbons (Fsp3) is 0.182. The Kier molecular flexibility index (Phi) is 4.79. The molecule has 0 atom stereocenters. The van der Waals surface area contributed by atoms with Crippen molar-refractivity contribution in [3.8, 4) is 16.9 Å². The first-order valence-corrected chi connectivity index (χ1v) is 8.92. The molecular weight excluding hydrogens is 357 g/mol. The molecule has 0 radical (unpaired) electrons. The summed E-state index contributed by atoms with van der Waals surface area (Å²) in [5.74, 6) is 0.442. The first kappa shape index (κ1) is 18.1. The monoisotopic (exact) mass is 377 g/mol. The number of halogens is 1. The molecule has 0 aliphatic heterocycles. The maximum absolute atomic E-state index is 14.5. The van der Waals surface area contributed by atoms with Crippen LogP contribution in [0.3, 0.4) is 0 Å². The zero-order valence-electron chi connectivity index (χ0n) is 15.7. The van der Waals surface area contributed by atoms with Crippen LogP contribution in [-0.2, 0) is 13.2 Å². The third-order valence-corrected chi connectivity index (χ3v) is 4.91. The number of aliphatic hydroxyl groups is 1. The van der Waals surface area contributed by atoms with Crippen LogP contribution in [0.25, 0.3) is 22.0 Å². The van der Waals surface area contributed by atoms with Crippen molar-refractivity contribution in [1.29, 1.82) is 0 Å². The van der Waals surface area contributed by atoms with Crippen LogP contribution in [0.5, 0.6) is 5.75 Å². The molecule has 2 aromatic heterocycles. The first-order chi connectivity index (χ1) is 13.6. The molecule has 0 aliphatic carbocycles. The standard InChI is InChI=1S/C22H20FN3O2/c1-14-3-4-15(19(23)7-14)11-26-20-6-5-17(28-2)8-18(20)22(21(26)12-27)16-9-24-13-25-10-16/h3-10,13,27H,11-12H2,1-2H3. The molecule has 0 bridgehead atoms. The maximum atomic E-state index is 14.5. The summed E-state index contributed by atoms with van der Waals surface area (Å²) in [4.78, 5) is 8.22. The number of methoxy groups -OCH3 is 1. The van der Waals surface area contributed by atoms with Crippen LogP contribution in [0, 0.1) is 12.7 Å². The number of rotatable bonds is 5.